The Morgan fingerprint density at radius 1 is 1.11 bits per heavy atom. The molecule has 0 aliphatic heterocycles. The van der Waals surface area contributed by atoms with E-state index in [0.717, 1.165) is 36.4 Å². The predicted molar refractivity (Wildman–Crippen MR) is 114 cm³/mol. The summed E-state index contributed by atoms with van der Waals surface area (Å²) >= 11 is 0. The van der Waals surface area contributed by atoms with Crippen molar-refractivity contribution in [3.8, 4) is 0 Å². The first-order valence-corrected chi connectivity index (χ1v) is 11.9. The van der Waals surface area contributed by atoms with Crippen LogP contribution in [0.5, 0.6) is 0 Å². The lowest BCUT2D eigenvalue weighted by Gasteiger charge is -2.60. The van der Waals surface area contributed by atoms with E-state index in [1.54, 1.807) is 0 Å². The van der Waals surface area contributed by atoms with E-state index in [0.29, 0.717) is 11.3 Å². The van der Waals surface area contributed by atoms with Crippen molar-refractivity contribution in [1.82, 2.24) is 9.78 Å². The Bertz CT molecular complexity index is 766. The van der Waals surface area contributed by atoms with Crippen LogP contribution in [-0.4, -0.2) is 21.0 Å². The number of aliphatic hydroxyl groups excluding tert-OH is 1. The summed E-state index contributed by atoms with van der Waals surface area (Å²) in [7, 11) is 0. The number of hydrogen-bond acceptors (Lipinski definition) is 2. The largest absolute Gasteiger partial charge is 0.388 e. The number of nitrogens with zero attached hydrogens (tertiary/aromatic N) is 2. The number of aryl methyl sites for hydroxylation is 1. The summed E-state index contributed by atoms with van der Waals surface area (Å²) < 4.78 is 2.04. The van der Waals surface area contributed by atoms with Crippen LogP contribution in [0.2, 0.25) is 0 Å². The molecule has 4 aliphatic rings. The van der Waals surface area contributed by atoms with Gasteiger partial charge >= 0.3 is 0 Å². The third-order valence-electron chi connectivity index (χ3n) is 9.83. The Balaban J connectivity index is 1.46. The molecule has 3 heteroatoms. The van der Waals surface area contributed by atoms with Gasteiger partial charge in [0.05, 0.1) is 11.8 Å². The molecule has 1 aromatic rings. The summed E-state index contributed by atoms with van der Waals surface area (Å²) in [5, 5.41) is 15.8. The molecule has 0 saturated heterocycles. The third kappa shape index (κ3) is 2.61. The van der Waals surface area contributed by atoms with Gasteiger partial charge in [0, 0.05) is 18.2 Å². The van der Waals surface area contributed by atoms with E-state index >= 15 is 0 Å². The minimum absolute atomic E-state index is 0.0714. The highest BCUT2D eigenvalue weighted by atomic mass is 16.3. The van der Waals surface area contributed by atoms with Gasteiger partial charge in [-0.1, -0.05) is 26.7 Å². The smallest absolute Gasteiger partial charge is 0.0810 e. The molecule has 154 valence electrons. The monoisotopic (exact) mass is 382 g/mol. The molecule has 0 aromatic carbocycles. The van der Waals surface area contributed by atoms with Crippen LogP contribution in [0.15, 0.2) is 17.8 Å². The normalized spacial score (nSPS) is 46.9. The first kappa shape index (κ1) is 18.9. The average molecular weight is 383 g/mol. The Kier molecular flexibility index (Phi) is 4.54. The van der Waals surface area contributed by atoms with Crippen molar-refractivity contribution < 1.29 is 5.11 Å². The van der Waals surface area contributed by atoms with Crippen molar-refractivity contribution in [2.24, 2.45) is 34.5 Å². The molecule has 4 saturated carbocycles. The van der Waals surface area contributed by atoms with Crippen LogP contribution in [0.1, 0.15) is 84.3 Å². The molecule has 1 aromatic heterocycles. The van der Waals surface area contributed by atoms with Gasteiger partial charge in [-0.15, -0.1) is 0 Å². The molecule has 28 heavy (non-hydrogen) atoms. The minimum atomic E-state index is -0.282. The molecule has 3 nitrogen and oxygen atoms in total. The SMILES string of the molecule is CCn1nccc1/C=C1\C[C@H]2[C@@H]3CC[C@H]4CCCC[C@]4(C)[C@H]3CC[C@]2(C)[C@@H]1O. The van der Waals surface area contributed by atoms with E-state index in [1.807, 2.05) is 10.9 Å². The number of rotatable bonds is 2. The lowest BCUT2D eigenvalue weighted by molar-refractivity contribution is -0.119. The standard InChI is InChI=1S/C25H38N2O/c1-4-27-19(11-14-26-27)15-17-16-22-20-9-8-18-7-5-6-12-24(18,2)21(20)10-13-25(22,3)23(17)28/h11,14-15,18,20-23,28H,4-10,12-13,16H2,1-3H3/b17-15+/t18-,20-,21+,22+,23-,24+,25+/m1/s1. The zero-order valence-corrected chi connectivity index (χ0v) is 18.0. The van der Waals surface area contributed by atoms with Crippen molar-refractivity contribution in [2.45, 2.75) is 91.2 Å². The molecule has 5 rings (SSSR count). The van der Waals surface area contributed by atoms with Gasteiger partial charge in [0.1, 0.15) is 0 Å². The van der Waals surface area contributed by atoms with Crippen molar-refractivity contribution in [2.75, 3.05) is 0 Å². The maximum absolute atomic E-state index is 11.4. The summed E-state index contributed by atoms with van der Waals surface area (Å²) in [5.41, 5.74) is 3.06. The van der Waals surface area contributed by atoms with Crippen molar-refractivity contribution in [1.29, 1.82) is 0 Å². The number of fused-ring (bicyclic) bond motifs is 5. The number of aliphatic hydroxyl groups is 1. The average Bonchev–Trinajstić information content (AvgIpc) is 3.24. The maximum Gasteiger partial charge on any atom is 0.0810 e. The van der Waals surface area contributed by atoms with E-state index in [2.05, 4.69) is 38.0 Å². The Morgan fingerprint density at radius 2 is 1.96 bits per heavy atom. The quantitative estimate of drug-likeness (QED) is 0.713. The topological polar surface area (TPSA) is 38.0 Å². The van der Waals surface area contributed by atoms with Crippen LogP contribution in [0.3, 0.4) is 0 Å². The molecule has 0 amide bonds. The molecule has 7 atom stereocenters. The van der Waals surface area contributed by atoms with Crippen LogP contribution in [0.4, 0.5) is 0 Å². The molecular weight excluding hydrogens is 344 g/mol. The fraction of sp³-hybridized carbons (Fsp3) is 0.800. The summed E-state index contributed by atoms with van der Waals surface area (Å²) in [5.74, 6) is 3.32. The minimum Gasteiger partial charge on any atom is -0.388 e. The summed E-state index contributed by atoms with van der Waals surface area (Å²) in [6, 6.07) is 2.09. The Labute approximate surface area is 170 Å². The van der Waals surface area contributed by atoms with Gasteiger partial charge in [0.15, 0.2) is 0 Å². The van der Waals surface area contributed by atoms with E-state index < -0.39 is 0 Å². The van der Waals surface area contributed by atoms with Gasteiger partial charge in [0.25, 0.3) is 0 Å². The summed E-state index contributed by atoms with van der Waals surface area (Å²) in [6.07, 6.45) is 16.1. The molecule has 1 N–H and O–H groups in total. The second-order valence-electron chi connectivity index (χ2n) is 10.8. The van der Waals surface area contributed by atoms with Crippen molar-refractivity contribution in [3.63, 3.8) is 0 Å². The van der Waals surface area contributed by atoms with E-state index in [1.165, 1.54) is 56.9 Å². The highest BCUT2D eigenvalue weighted by Crippen LogP contribution is 2.67. The Hall–Kier alpha value is -1.09. The number of aromatic nitrogens is 2. The van der Waals surface area contributed by atoms with Gasteiger partial charge in [0.2, 0.25) is 0 Å². The van der Waals surface area contributed by atoms with Crippen molar-refractivity contribution in [3.05, 3.63) is 23.5 Å². The second kappa shape index (κ2) is 6.72. The summed E-state index contributed by atoms with van der Waals surface area (Å²) in [6.45, 7) is 8.05. The lowest BCUT2D eigenvalue weighted by atomic mass is 9.45. The zero-order valence-electron chi connectivity index (χ0n) is 18.0. The summed E-state index contributed by atoms with van der Waals surface area (Å²) in [4.78, 5) is 0. The molecule has 0 unspecified atom stereocenters. The highest BCUT2D eigenvalue weighted by molar-refractivity contribution is 5.52. The maximum atomic E-state index is 11.4. The molecule has 4 aliphatic carbocycles. The van der Waals surface area contributed by atoms with Crippen molar-refractivity contribution >= 4 is 6.08 Å². The van der Waals surface area contributed by atoms with Gasteiger partial charge < -0.3 is 5.11 Å². The van der Waals surface area contributed by atoms with E-state index in [-0.39, 0.29) is 11.5 Å². The fourth-order valence-electron chi connectivity index (χ4n) is 8.21. The van der Waals surface area contributed by atoms with Gasteiger partial charge in [-0.05, 0) is 98.7 Å². The zero-order chi connectivity index (χ0) is 19.5. The first-order chi connectivity index (χ1) is 13.5. The van der Waals surface area contributed by atoms with Crippen LogP contribution in [0.25, 0.3) is 6.08 Å². The molecule has 4 fully saturated rings. The van der Waals surface area contributed by atoms with Crippen LogP contribution in [0, 0.1) is 34.5 Å². The first-order valence-electron chi connectivity index (χ1n) is 11.9. The van der Waals surface area contributed by atoms with Gasteiger partial charge in [-0.25, -0.2) is 0 Å². The van der Waals surface area contributed by atoms with Gasteiger partial charge in [-0.2, -0.15) is 5.10 Å². The third-order valence-corrected chi connectivity index (χ3v) is 9.83. The lowest BCUT2D eigenvalue weighted by Crippen LogP contribution is -2.53. The predicted octanol–water partition coefficient (Wildman–Crippen LogP) is 5.69. The molecule has 1 heterocycles. The van der Waals surface area contributed by atoms with Crippen LogP contribution < -0.4 is 0 Å². The molecular formula is C25H38N2O. The van der Waals surface area contributed by atoms with E-state index in [4.69, 9.17) is 0 Å². The number of hydrogen-bond donors (Lipinski definition) is 1. The molecule has 0 radical (unpaired) electrons. The second-order valence-corrected chi connectivity index (χ2v) is 10.8. The van der Waals surface area contributed by atoms with Crippen LogP contribution in [-0.2, 0) is 6.54 Å². The molecule has 0 bridgehead atoms. The van der Waals surface area contributed by atoms with E-state index in [9.17, 15) is 5.11 Å². The van der Waals surface area contributed by atoms with Crippen LogP contribution >= 0.6 is 0 Å². The Morgan fingerprint density at radius 3 is 2.79 bits per heavy atom. The fourth-order valence-corrected chi connectivity index (χ4v) is 8.21. The molecule has 0 spiro atoms. The highest BCUT2D eigenvalue weighted by Gasteiger charge is 2.60. The van der Waals surface area contributed by atoms with Gasteiger partial charge in [-0.3, -0.25) is 4.68 Å².